The second-order valence-electron chi connectivity index (χ2n) is 4.80. The highest BCUT2D eigenvalue weighted by atomic mass is 32.2. The van der Waals surface area contributed by atoms with Crippen LogP contribution in [-0.4, -0.2) is 60.9 Å². The molecule has 1 heterocycles. The van der Waals surface area contributed by atoms with Crippen molar-refractivity contribution in [3.8, 4) is 0 Å². The molecule has 0 unspecified atom stereocenters. The molecular formula is C14H25N5OS2. The molecule has 0 aliphatic rings. The lowest BCUT2D eigenvalue weighted by Crippen LogP contribution is -2.39. The number of carbonyl (C=O) groups excluding carboxylic acids is 1. The maximum atomic E-state index is 11.6. The summed E-state index contributed by atoms with van der Waals surface area (Å²) in [6.45, 7) is 3.68. The Morgan fingerprint density at radius 2 is 2.23 bits per heavy atom. The number of hydrogen-bond donors (Lipinski definition) is 2. The highest BCUT2D eigenvalue weighted by molar-refractivity contribution is 7.98. The molecule has 0 saturated heterocycles. The fraction of sp³-hybridized carbons (Fsp3) is 0.643. The molecule has 0 atom stereocenters. The summed E-state index contributed by atoms with van der Waals surface area (Å²) in [6, 6.07) is 0. The van der Waals surface area contributed by atoms with Gasteiger partial charge in [-0.2, -0.15) is 11.8 Å². The number of nitrogens with one attached hydrogen (secondary N) is 2. The molecule has 0 radical (unpaired) electrons. The van der Waals surface area contributed by atoms with E-state index >= 15 is 0 Å². The molecule has 0 aromatic carbocycles. The maximum absolute atomic E-state index is 11.6. The van der Waals surface area contributed by atoms with Gasteiger partial charge in [-0.3, -0.25) is 4.79 Å². The fourth-order valence-electron chi connectivity index (χ4n) is 1.49. The number of thiazole rings is 1. The highest BCUT2D eigenvalue weighted by Crippen LogP contribution is 2.12. The van der Waals surface area contributed by atoms with Crippen molar-refractivity contribution in [3.05, 3.63) is 16.1 Å². The van der Waals surface area contributed by atoms with Gasteiger partial charge in [-0.15, -0.1) is 11.3 Å². The largest absolute Gasteiger partial charge is 0.356 e. The molecule has 0 spiro atoms. The van der Waals surface area contributed by atoms with Crippen LogP contribution < -0.4 is 10.6 Å². The number of aryl methyl sites for hydroxylation is 1. The third-order valence-electron chi connectivity index (χ3n) is 2.83. The Labute approximate surface area is 140 Å². The van der Waals surface area contributed by atoms with E-state index in [-0.39, 0.29) is 12.5 Å². The number of carbonyl (C=O) groups is 1. The Hall–Kier alpha value is -1.28. The summed E-state index contributed by atoms with van der Waals surface area (Å²) in [6.07, 6.45) is 4.97. The Morgan fingerprint density at radius 1 is 1.45 bits per heavy atom. The van der Waals surface area contributed by atoms with Crippen molar-refractivity contribution >= 4 is 35.0 Å². The standard InChI is InChI=1S/C14H25N5OS2/c1-5-11-8-16-12(22-11)9-17-14(15-6-7-21-4)18-10-13(20)19(2)3/h8H,5-7,9-10H2,1-4H3,(H2,15,17,18). The van der Waals surface area contributed by atoms with E-state index in [1.54, 1.807) is 37.2 Å². The molecule has 0 bridgehead atoms. The summed E-state index contributed by atoms with van der Waals surface area (Å²) in [5, 5.41) is 7.49. The van der Waals surface area contributed by atoms with Crippen molar-refractivity contribution < 1.29 is 4.79 Å². The van der Waals surface area contributed by atoms with E-state index in [2.05, 4.69) is 33.8 Å². The van der Waals surface area contributed by atoms with Crippen LogP contribution >= 0.6 is 23.1 Å². The highest BCUT2D eigenvalue weighted by Gasteiger charge is 2.06. The van der Waals surface area contributed by atoms with Crippen LogP contribution in [0, 0.1) is 0 Å². The van der Waals surface area contributed by atoms with Crippen molar-refractivity contribution in [1.29, 1.82) is 0 Å². The average Bonchev–Trinajstić information content (AvgIpc) is 2.97. The van der Waals surface area contributed by atoms with Crippen LogP contribution in [0.1, 0.15) is 16.8 Å². The molecule has 1 aromatic heterocycles. The number of amides is 1. The Balaban J connectivity index is 2.56. The molecule has 1 amide bonds. The summed E-state index contributed by atoms with van der Waals surface area (Å²) in [7, 11) is 3.46. The Kier molecular flexibility index (Phi) is 8.91. The fourth-order valence-corrected chi connectivity index (χ4v) is 2.59. The van der Waals surface area contributed by atoms with E-state index in [1.165, 1.54) is 9.78 Å². The number of guanidine groups is 1. The van der Waals surface area contributed by atoms with Gasteiger partial charge in [0.2, 0.25) is 5.91 Å². The normalized spacial score (nSPS) is 11.4. The quantitative estimate of drug-likeness (QED) is 0.422. The zero-order valence-corrected chi connectivity index (χ0v) is 15.3. The third-order valence-corrected chi connectivity index (χ3v) is 4.58. The van der Waals surface area contributed by atoms with E-state index in [0.717, 1.165) is 23.7 Å². The molecule has 0 aliphatic heterocycles. The molecule has 0 aliphatic carbocycles. The molecule has 2 N–H and O–H groups in total. The van der Waals surface area contributed by atoms with E-state index < -0.39 is 0 Å². The van der Waals surface area contributed by atoms with Gasteiger partial charge in [-0.25, -0.2) is 9.98 Å². The van der Waals surface area contributed by atoms with Crippen LogP contribution in [0.25, 0.3) is 0 Å². The van der Waals surface area contributed by atoms with E-state index in [1.807, 2.05) is 6.20 Å². The minimum absolute atomic E-state index is 0.0199. The third kappa shape index (κ3) is 7.13. The van der Waals surface area contributed by atoms with Gasteiger partial charge >= 0.3 is 0 Å². The smallest absolute Gasteiger partial charge is 0.243 e. The van der Waals surface area contributed by atoms with Gasteiger partial charge in [0.05, 0.1) is 6.54 Å². The lowest BCUT2D eigenvalue weighted by Gasteiger charge is -2.12. The summed E-state index contributed by atoms with van der Waals surface area (Å²) in [4.78, 5) is 23.2. The predicted octanol–water partition coefficient (Wildman–Crippen LogP) is 1.19. The SMILES string of the molecule is CCc1cnc(CNC(=NCC(=O)N(C)C)NCCSC)s1. The van der Waals surface area contributed by atoms with Gasteiger partial charge in [-0.05, 0) is 12.7 Å². The first-order chi connectivity index (χ1) is 10.6. The lowest BCUT2D eigenvalue weighted by atomic mass is 10.4. The monoisotopic (exact) mass is 343 g/mol. The summed E-state index contributed by atoms with van der Waals surface area (Å²) in [5.74, 6) is 1.62. The molecule has 8 heteroatoms. The van der Waals surface area contributed by atoms with Crippen LogP contribution in [0.5, 0.6) is 0 Å². The zero-order valence-electron chi connectivity index (χ0n) is 13.7. The van der Waals surface area contributed by atoms with Gasteiger partial charge in [-0.1, -0.05) is 6.92 Å². The van der Waals surface area contributed by atoms with Gasteiger partial charge in [0, 0.05) is 37.5 Å². The number of aliphatic imine (C=N–C) groups is 1. The van der Waals surface area contributed by atoms with Crippen LogP contribution in [0.2, 0.25) is 0 Å². The second kappa shape index (κ2) is 10.4. The first-order valence-corrected chi connectivity index (χ1v) is 9.42. The second-order valence-corrected chi connectivity index (χ2v) is 6.99. The van der Waals surface area contributed by atoms with Crippen molar-refractivity contribution in [2.24, 2.45) is 4.99 Å². The first kappa shape index (κ1) is 18.8. The van der Waals surface area contributed by atoms with Crippen LogP contribution in [0.3, 0.4) is 0 Å². The molecule has 1 rings (SSSR count). The van der Waals surface area contributed by atoms with E-state index in [0.29, 0.717) is 12.5 Å². The van der Waals surface area contributed by atoms with Crippen molar-refractivity contribution in [2.75, 3.05) is 39.2 Å². The number of thioether (sulfide) groups is 1. The maximum Gasteiger partial charge on any atom is 0.243 e. The van der Waals surface area contributed by atoms with E-state index in [4.69, 9.17) is 0 Å². The zero-order chi connectivity index (χ0) is 16.4. The Morgan fingerprint density at radius 3 is 2.82 bits per heavy atom. The number of hydrogen-bond acceptors (Lipinski definition) is 5. The molecule has 0 saturated carbocycles. The van der Waals surface area contributed by atoms with Crippen molar-refractivity contribution in [1.82, 2.24) is 20.5 Å². The summed E-state index contributed by atoms with van der Waals surface area (Å²) in [5.41, 5.74) is 0. The van der Waals surface area contributed by atoms with Crippen molar-refractivity contribution in [3.63, 3.8) is 0 Å². The predicted molar refractivity (Wildman–Crippen MR) is 95.7 cm³/mol. The van der Waals surface area contributed by atoms with Gasteiger partial charge in [0.15, 0.2) is 5.96 Å². The molecule has 6 nitrogen and oxygen atoms in total. The summed E-state index contributed by atoms with van der Waals surface area (Å²) < 4.78 is 0. The van der Waals surface area contributed by atoms with Crippen molar-refractivity contribution in [2.45, 2.75) is 19.9 Å². The minimum Gasteiger partial charge on any atom is -0.356 e. The molecule has 124 valence electrons. The number of likely N-dealkylation sites (N-methyl/N-ethyl adjacent to an activating group) is 1. The van der Waals surface area contributed by atoms with Gasteiger partial charge in [0.1, 0.15) is 11.6 Å². The van der Waals surface area contributed by atoms with Crippen LogP contribution in [0.15, 0.2) is 11.2 Å². The van der Waals surface area contributed by atoms with Crippen LogP contribution in [-0.2, 0) is 17.8 Å². The number of aromatic nitrogens is 1. The average molecular weight is 344 g/mol. The Bertz CT molecular complexity index is 487. The molecular weight excluding hydrogens is 318 g/mol. The minimum atomic E-state index is -0.0199. The summed E-state index contributed by atoms with van der Waals surface area (Å²) >= 11 is 3.46. The molecule has 22 heavy (non-hydrogen) atoms. The lowest BCUT2D eigenvalue weighted by molar-refractivity contribution is -0.127. The topological polar surface area (TPSA) is 69.6 Å². The number of rotatable bonds is 8. The van der Waals surface area contributed by atoms with Crippen LogP contribution in [0.4, 0.5) is 0 Å². The first-order valence-electron chi connectivity index (χ1n) is 7.21. The number of nitrogens with zero attached hydrogens (tertiary/aromatic N) is 3. The molecule has 1 aromatic rings. The van der Waals surface area contributed by atoms with Gasteiger partial charge < -0.3 is 15.5 Å². The molecule has 0 fully saturated rings. The van der Waals surface area contributed by atoms with E-state index in [9.17, 15) is 4.79 Å². The van der Waals surface area contributed by atoms with Gasteiger partial charge in [0.25, 0.3) is 0 Å².